The SMILES string of the molecule is COc1ccc(S(=O)(=O)N2CCC(NC(=O)Cc3ccc4ccccc4c3)CC2)cc1. The molecule has 0 atom stereocenters. The van der Waals surface area contributed by atoms with Gasteiger partial charge in [0.2, 0.25) is 15.9 Å². The second-order valence-electron chi connectivity index (χ2n) is 7.78. The maximum absolute atomic E-state index is 12.9. The minimum atomic E-state index is -3.54. The molecule has 0 spiro atoms. The summed E-state index contributed by atoms with van der Waals surface area (Å²) < 4.78 is 32.3. The Morgan fingerprint density at radius 1 is 1.00 bits per heavy atom. The highest BCUT2D eigenvalue weighted by Gasteiger charge is 2.30. The first-order valence-electron chi connectivity index (χ1n) is 10.4. The number of piperidine rings is 1. The first-order chi connectivity index (χ1) is 15.0. The zero-order chi connectivity index (χ0) is 21.8. The van der Waals surface area contributed by atoms with Gasteiger partial charge in [0.1, 0.15) is 5.75 Å². The second-order valence-corrected chi connectivity index (χ2v) is 9.72. The van der Waals surface area contributed by atoms with Crippen molar-refractivity contribution in [3.8, 4) is 5.75 Å². The molecule has 1 saturated heterocycles. The summed E-state index contributed by atoms with van der Waals surface area (Å²) in [5.41, 5.74) is 0.968. The number of fused-ring (bicyclic) bond motifs is 1. The Hall–Kier alpha value is -2.90. The van der Waals surface area contributed by atoms with E-state index in [-0.39, 0.29) is 16.8 Å². The smallest absolute Gasteiger partial charge is 0.243 e. The Balaban J connectivity index is 1.32. The van der Waals surface area contributed by atoms with Gasteiger partial charge in [0.05, 0.1) is 18.4 Å². The molecule has 0 bridgehead atoms. The number of methoxy groups -OCH3 is 1. The lowest BCUT2D eigenvalue weighted by atomic mass is 10.0. The maximum atomic E-state index is 12.9. The van der Waals surface area contributed by atoms with Crippen molar-refractivity contribution in [3.63, 3.8) is 0 Å². The van der Waals surface area contributed by atoms with Crippen molar-refractivity contribution >= 4 is 26.7 Å². The first-order valence-corrected chi connectivity index (χ1v) is 11.8. The Kier molecular flexibility index (Phi) is 6.25. The summed E-state index contributed by atoms with van der Waals surface area (Å²) in [5, 5.41) is 5.33. The van der Waals surface area contributed by atoms with Crippen LogP contribution in [0.5, 0.6) is 5.75 Å². The van der Waals surface area contributed by atoms with E-state index in [1.165, 1.54) is 4.31 Å². The van der Waals surface area contributed by atoms with E-state index in [1.807, 2.05) is 42.5 Å². The summed E-state index contributed by atoms with van der Waals surface area (Å²) in [4.78, 5) is 12.8. The number of amides is 1. The van der Waals surface area contributed by atoms with Crippen LogP contribution in [0, 0.1) is 0 Å². The number of carbonyl (C=O) groups is 1. The molecule has 3 aromatic rings. The third-order valence-corrected chi connectivity index (χ3v) is 7.61. The third-order valence-electron chi connectivity index (χ3n) is 5.69. The number of ether oxygens (including phenoxy) is 1. The molecule has 0 radical (unpaired) electrons. The number of rotatable bonds is 6. The lowest BCUT2D eigenvalue weighted by molar-refractivity contribution is -0.121. The first kappa shape index (κ1) is 21.3. The maximum Gasteiger partial charge on any atom is 0.243 e. The van der Waals surface area contributed by atoms with Crippen LogP contribution in [-0.4, -0.2) is 44.9 Å². The molecule has 0 aliphatic carbocycles. The van der Waals surface area contributed by atoms with Gasteiger partial charge in [-0.1, -0.05) is 42.5 Å². The molecule has 1 heterocycles. The number of hydrogen-bond acceptors (Lipinski definition) is 4. The topological polar surface area (TPSA) is 75.7 Å². The molecule has 0 saturated carbocycles. The van der Waals surface area contributed by atoms with E-state index in [2.05, 4.69) is 5.32 Å². The number of carbonyl (C=O) groups excluding carboxylic acids is 1. The predicted octanol–water partition coefficient (Wildman–Crippen LogP) is 3.36. The van der Waals surface area contributed by atoms with Crippen molar-refractivity contribution in [1.29, 1.82) is 0 Å². The average molecular weight is 439 g/mol. The van der Waals surface area contributed by atoms with Crippen LogP contribution < -0.4 is 10.1 Å². The van der Waals surface area contributed by atoms with Gasteiger partial charge in [0, 0.05) is 19.1 Å². The van der Waals surface area contributed by atoms with Gasteiger partial charge < -0.3 is 10.1 Å². The summed E-state index contributed by atoms with van der Waals surface area (Å²) in [7, 11) is -2.00. The number of benzene rings is 3. The lowest BCUT2D eigenvalue weighted by Gasteiger charge is -2.31. The molecule has 1 fully saturated rings. The van der Waals surface area contributed by atoms with E-state index >= 15 is 0 Å². The van der Waals surface area contributed by atoms with Gasteiger partial charge in [-0.25, -0.2) is 8.42 Å². The van der Waals surface area contributed by atoms with Crippen LogP contribution in [0.1, 0.15) is 18.4 Å². The van der Waals surface area contributed by atoms with Gasteiger partial charge in [-0.15, -0.1) is 0 Å². The molecular formula is C24H26N2O4S. The minimum absolute atomic E-state index is 0.0183. The Morgan fingerprint density at radius 3 is 2.35 bits per heavy atom. The van der Waals surface area contributed by atoms with Crippen LogP contribution in [0.3, 0.4) is 0 Å². The zero-order valence-corrected chi connectivity index (χ0v) is 18.3. The van der Waals surface area contributed by atoms with E-state index in [0.29, 0.717) is 38.1 Å². The molecule has 162 valence electrons. The standard InChI is InChI=1S/C24H26N2O4S/c1-30-22-8-10-23(11-9-22)31(28,29)26-14-12-21(13-15-26)25-24(27)17-18-6-7-19-4-2-3-5-20(19)16-18/h2-11,16,21H,12-15,17H2,1H3,(H,25,27). The second kappa shape index (κ2) is 9.08. The van der Waals surface area contributed by atoms with Crippen LogP contribution in [0.2, 0.25) is 0 Å². The fraction of sp³-hybridized carbons (Fsp3) is 0.292. The van der Waals surface area contributed by atoms with Crippen LogP contribution in [0.4, 0.5) is 0 Å². The van der Waals surface area contributed by atoms with Gasteiger partial charge in [-0.3, -0.25) is 4.79 Å². The molecule has 4 rings (SSSR count). The predicted molar refractivity (Wildman–Crippen MR) is 121 cm³/mol. The molecule has 1 aliphatic rings. The summed E-state index contributed by atoms with van der Waals surface area (Å²) >= 11 is 0. The highest BCUT2D eigenvalue weighted by molar-refractivity contribution is 7.89. The van der Waals surface area contributed by atoms with Gasteiger partial charge in [0.25, 0.3) is 0 Å². The largest absolute Gasteiger partial charge is 0.497 e. The quantitative estimate of drug-likeness (QED) is 0.640. The van der Waals surface area contributed by atoms with Gasteiger partial charge >= 0.3 is 0 Å². The van der Waals surface area contributed by atoms with E-state index in [9.17, 15) is 13.2 Å². The molecular weight excluding hydrogens is 412 g/mol. The van der Waals surface area contributed by atoms with E-state index in [0.717, 1.165) is 16.3 Å². The number of nitrogens with zero attached hydrogens (tertiary/aromatic N) is 1. The molecule has 7 heteroatoms. The van der Waals surface area contributed by atoms with Crippen LogP contribution in [0.25, 0.3) is 10.8 Å². The van der Waals surface area contributed by atoms with Crippen LogP contribution >= 0.6 is 0 Å². The van der Waals surface area contributed by atoms with Crippen molar-refractivity contribution < 1.29 is 17.9 Å². The zero-order valence-electron chi connectivity index (χ0n) is 17.5. The fourth-order valence-corrected chi connectivity index (χ4v) is 5.42. The lowest BCUT2D eigenvalue weighted by Crippen LogP contribution is -2.46. The Morgan fingerprint density at radius 2 is 1.68 bits per heavy atom. The van der Waals surface area contributed by atoms with Crippen molar-refractivity contribution in [3.05, 3.63) is 72.3 Å². The summed E-state index contributed by atoms with van der Waals surface area (Å²) in [6.45, 7) is 0.768. The monoisotopic (exact) mass is 438 g/mol. The number of nitrogens with one attached hydrogen (secondary N) is 1. The summed E-state index contributed by atoms with van der Waals surface area (Å²) in [5.74, 6) is 0.582. The molecule has 0 unspecified atom stereocenters. The highest BCUT2D eigenvalue weighted by atomic mass is 32.2. The fourth-order valence-electron chi connectivity index (χ4n) is 3.95. The molecule has 31 heavy (non-hydrogen) atoms. The van der Waals surface area contributed by atoms with Crippen molar-refractivity contribution in [2.24, 2.45) is 0 Å². The Bertz CT molecular complexity index is 1170. The molecule has 6 nitrogen and oxygen atoms in total. The average Bonchev–Trinajstić information content (AvgIpc) is 2.79. The van der Waals surface area contributed by atoms with Crippen molar-refractivity contribution in [1.82, 2.24) is 9.62 Å². The number of hydrogen-bond donors (Lipinski definition) is 1. The van der Waals surface area contributed by atoms with Crippen LogP contribution in [-0.2, 0) is 21.2 Å². The molecule has 1 aliphatic heterocycles. The van der Waals surface area contributed by atoms with Gasteiger partial charge in [-0.05, 0) is 53.4 Å². The van der Waals surface area contributed by atoms with Crippen molar-refractivity contribution in [2.75, 3.05) is 20.2 Å². The van der Waals surface area contributed by atoms with Gasteiger partial charge in [-0.2, -0.15) is 4.31 Å². The Labute approximate surface area is 182 Å². The van der Waals surface area contributed by atoms with E-state index < -0.39 is 10.0 Å². The van der Waals surface area contributed by atoms with Crippen molar-refractivity contribution in [2.45, 2.75) is 30.2 Å². The van der Waals surface area contributed by atoms with Crippen LogP contribution in [0.15, 0.2) is 71.6 Å². The third kappa shape index (κ3) is 4.89. The summed E-state index contributed by atoms with van der Waals surface area (Å²) in [6, 6.07) is 20.5. The van der Waals surface area contributed by atoms with Gasteiger partial charge in [0.15, 0.2) is 0 Å². The van der Waals surface area contributed by atoms with E-state index in [1.54, 1.807) is 31.4 Å². The molecule has 0 aromatic heterocycles. The molecule has 1 amide bonds. The molecule has 1 N–H and O–H groups in total. The highest BCUT2D eigenvalue weighted by Crippen LogP contribution is 2.23. The minimum Gasteiger partial charge on any atom is -0.497 e. The van der Waals surface area contributed by atoms with E-state index in [4.69, 9.17) is 4.74 Å². The summed E-state index contributed by atoms with van der Waals surface area (Å²) in [6.07, 6.45) is 1.51. The molecule has 3 aromatic carbocycles. The normalized spacial score (nSPS) is 15.6. The number of sulfonamides is 1.